The summed E-state index contributed by atoms with van der Waals surface area (Å²) in [5.41, 5.74) is 4.99. The number of amides is 2. The average molecular weight is 295 g/mol. The highest BCUT2D eigenvalue weighted by molar-refractivity contribution is 5.71. The Morgan fingerprint density at radius 2 is 2.29 bits per heavy atom. The lowest BCUT2D eigenvalue weighted by Gasteiger charge is -2.31. The van der Waals surface area contributed by atoms with Crippen LogP contribution in [0.3, 0.4) is 0 Å². The molecular formula is C14H25N5O2. The lowest BCUT2D eigenvalue weighted by molar-refractivity contribution is 0.161. The third-order valence-electron chi connectivity index (χ3n) is 3.64. The highest BCUT2D eigenvalue weighted by Gasteiger charge is 2.24. The number of nitrogens with zero attached hydrogens (tertiary/aromatic N) is 3. The van der Waals surface area contributed by atoms with Crippen molar-refractivity contribution in [2.24, 2.45) is 11.7 Å². The molecule has 0 aromatic carbocycles. The Labute approximate surface area is 125 Å². The first-order valence-corrected chi connectivity index (χ1v) is 7.43. The molecule has 0 unspecified atom stereocenters. The second kappa shape index (κ2) is 6.43. The quantitative estimate of drug-likeness (QED) is 0.871. The molecule has 1 saturated heterocycles. The molecule has 7 nitrogen and oxygen atoms in total. The van der Waals surface area contributed by atoms with Gasteiger partial charge in [-0.1, -0.05) is 25.9 Å². The van der Waals surface area contributed by atoms with Crippen LogP contribution in [-0.2, 0) is 12.0 Å². The molecule has 0 bridgehead atoms. The Hall–Kier alpha value is -1.63. The molecule has 1 aliphatic rings. The summed E-state index contributed by atoms with van der Waals surface area (Å²) in [5.74, 6) is 1.82. The molecule has 118 valence electrons. The number of urea groups is 1. The van der Waals surface area contributed by atoms with Gasteiger partial charge < -0.3 is 15.6 Å². The third kappa shape index (κ3) is 4.70. The van der Waals surface area contributed by atoms with Crippen molar-refractivity contribution in [2.75, 3.05) is 19.6 Å². The van der Waals surface area contributed by atoms with E-state index in [0.717, 1.165) is 31.8 Å². The number of aromatic nitrogens is 2. The summed E-state index contributed by atoms with van der Waals surface area (Å²) in [4.78, 5) is 17.5. The van der Waals surface area contributed by atoms with Gasteiger partial charge in [-0.25, -0.2) is 4.79 Å². The predicted octanol–water partition coefficient (Wildman–Crippen LogP) is 1.25. The third-order valence-corrected chi connectivity index (χ3v) is 3.64. The Morgan fingerprint density at radius 3 is 2.90 bits per heavy atom. The van der Waals surface area contributed by atoms with Gasteiger partial charge in [0.05, 0.1) is 6.54 Å². The molecule has 1 aromatic rings. The maximum atomic E-state index is 10.8. The van der Waals surface area contributed by atoms with Crippen molar-refractivity contribution in [3.63, 3.8) is 0 Å². The summed E-state index contributed by atoms with van der Waals surface area (Å²) in [6, 6.07) is -0.458. The number of rotatable bonds is 4. The summed E-state index contributed by atoms with van der Waals surface area (Å²) in [7, 11) is 0. The van der Waals surface area contributed by atoms with Gasteiger partial charge in [0.15, 0.2) is 5.82 Å². The molecule has 1 aliphatic heterocycles. The van der Waals surface area contributed by atoms with E-state index in [0.29, 0.717) is 24.9 Å². The first kappa shape index (κ1) is 15.8. The Balaban J connectivity index is 1.87. The number of carbonyl (C=O) groups excluding carboxylic acids is 1. The first-order chi connectivity index (χ1) is 9.84. The molecule has 1 aromatic heterocycles. The molecule has 2 heterocycles. The van der Waals surface area contributed by atoms with E-state index in [9.17, 15) is 4.79 Å². The van der Waals surface area contributed by atoms with Crippen LogP contribution in [0.1, 0.15) is 45.3 Å². The van der Waals surface area contributed by atoms with Gasteiger partial charge in [-0.2, -0.15) is 4.98 Å². The molecule has 21 heavy (non-hydrogen) atoms. The van der Waals surface area contributed by atoms with E-state index in [2.05, 4.69) is 41.1 Å². The van der Waals surface area contributed by atoms with Gasteiger partial charge in [-0.05, 0) is 25.3 Å². The molecule has 3 N–H and O–H groups in total. The van der Waals surface area contributed by atoms with E-state index in [-0.39, 0.29) is 5.41 Å². The van der Waals surface area contributed by atoms with Crippen LogP contribution in [0.5, 0.6) is 0 Å². The van der Waals surface area contributed by atoms with Crippen molar-refractivity contribution in [1.29, 1.82) is 0 Å². The van der Waals surface area contributed by atoms with Crippen molar-refractivity contribution in [1.82, 2.24) is 20.4 Å². The molecule has 0 aliphatic carbocycles. The fourth-order valence-corrected chi connectivity index (χ4v) is 2.53. The minimum Gasteiger partial charge on any atom is -0.352 e. The summed E-state index contributed by atoms with van der Waals surface area (Å²) < 4.78 is 5.32. The number of hydrogen-bond acceptors (Lipinski definition) is 5. The van der Waals surface area contributed by atoms with Gasteiger partial charge in [0, 0.05) is 18.5 Å². The fourth-order valence-electron chi connectivity index (χ4n) is 2.53. The van der Waals surface area contributed by atoms with E-state index >= 15 is 0 Å². The number of primary amides is 1. The smallest absolute Gasteiger partial charge is 0.312 e. The van der Waals surface area contributed by atoms with Crippen molar-refractivity contribution in [3.8, 4) is 0 Å². The second-order valence-corrected chi connectivity index (χ2v) is 6.75. The zero-order valence-corrected chi connectivity index (χ0v) is 13.1. The first-order valence-electron chi connectivity index (χ1n) is 7.43. The SMILES string of the molecule is CC(C)(C)c1nc(CN2CCC[C@@H](CNC(N)=O)C2)no1. The van der Waals surface area contributed by atoms with Crippen molar-refractivity contribution >= 4 is 6.03 Å². The number of likely N-dealkylation sites (tertiary alicyclic amines) is 1. The van der Waals surface area contributed by atoms with Crippen molar-refractivity contribution < 1.29 is 9.32 Å². The van der Waals surface area contributed by atoms with Crippen LogP contribution in [0, 0.1) is 5.92 Å². The highest BCUT2D eigenvalue weighted by Crippen LogP contribution is 2.21. The normalized spacial score (nSPS) is 20.4. The number of piperidine rings is 1. The van der Waals surface area contributed by atoms with Gasteiger partial charge in [0.1, 0.15) is 0 Å². The zero-order chi connectivity index (χ0) is 15.5. The zero-order valence-electron chi connectivity index (χ0n) is 13.1. The Bertz CT molecular complexity index is 480. The van der Waals surface area contributed by atoms with E-state index in [1.165, 1.54) is 0 Å². The van der Waals surface area contributed by atoms with Crippen molar-refractivity contribution in [2.45, 2.75) is 45.6 Å². The topological polar surface area (TPSA) is 97.3 Å². The van der Waals surface area contributed by atoms with Crippen LogP contribution < -0.4 is 11.1 Å². The van der Waals surface area contributed by atoms with E-state index in [1.54, 1.807) is 0 Å². The highest BCUT2D eigenvalue weighted by atomic mass is 16.5. The predicted molar refractivity (Wildman–Crippen MR) is 78.6 cm³/mol. The fraction of sp³-hybridized carbons (Fsp3) is 0.786. The van der Waals surface area contributed by atoms with Crippen LogP contribution >= 0.6 is 0 Å². The van der Waals surface area contributed by atoms with Gasteiger partial charge in [0.25, 0.3) is 0 Å². The number of hydrogen-bond donors (Lipinski definition) is 2. The van der Waals surface area contributed by atoms with Crippen LogP contribution in [0.4, 0.5) is 4.79 Å². The summed E-state index contributed by atoms with van der Waals surface area (Å²) in [5, 5.41) is 6.74. The Morgan fingerprint density at radius 1 is 1.52 bits per heavy atom. The van der Waals surface area contributed by atoms with E-state index < -0.39 is 6.03 Å². The lowest BCUT2D eigenvalue weighted by Crippen LogP contribution is -2.42. The standard InChI is InChI=1S/C14H25N5O2/c1-14(2,3)12-17-11(18-21-12)9-19-6-4-5-10(8-19)7-16-13(15)20/h10H,4-9H2,1-3H3,(H3,15,16,20)/t10-/m0/s1. The van der Waals surface area contributed by atoms with Crippen molar-refractivity contribution in [3.05, 3.63) is 11.7 Å². The van der Waals surface area contributed by atoms with Gasteiger partial charge in [-0.3, -0.25) is 4.90 Å². The largest absolute Gasteiger partial charge is 0.352 e. The van der Waals surface area contributed by atoms with Gasteiger partial charge in [-0.15, -0.1) is 0 Å². The number of nitrogens with one attached hydrogen (secondary N) is 1. The van der Waals surface area contributed by atoms with E-state index in [4.69, 9.17) is 10.3 Å². The van der Waals surface area contributed by atoms with Crippen LogP contribution in [0.25, 0.3) is 0 Å². The summed E-state index contributed by atoms with van der Waals surface area (Å²) in [6.45, 7) is 9.41. The molecule has 2 amide bonds. The molecule has 0 spiro atoms. The van der Waals surface area contributed by atoms with Crippen LogP contribution in [-0.4, -0.2) is 40.7 Å². The van der Waals surface area contributed by atoms with Crippen LogP contribution in [0.15, 0.2) is 4.52 Å². The molecule has 1 atom stereocenters. The molecule has 0 radical (unpaired) electrons. The van der Waals surface area contributed by atoms with Gasteiger partial charge in [0.2, 0.25) is 5.89 Å². The maximum absolute atomic E-state index is 10.8. The van der Waals surface area contributed by atoms with E-state index in [1.807, 2.05) is 0 Å². The maximum Gasteiger partial charge on any atom is 0.312 e. The molecule has 2 rings (SSSR count). The molecule has 1 fully saturated rings. The second-order valence-electron chi connectivity index (χ2n) is 6.75. The minimum atomic E-state index is -0.458. The average Bonchev–Trinajstić information content (AvgIpc) is 2.85. The molecule has 0 saturated carbocycles. The van der Waals surface area contributed by atoms with Gasteiger partial charge >= 0.3 is 6.03 Å². The monoisotopic (exact) mass is 295 g/mol. The minimum absolute atomic E-state index is 0.124. The molecule has 7 heteroatoms. The molecular weight excluding hydrogens is 270 g/mol. The van der Waals surface area contributed by atoms with Crippen LogP contribution in [0.2, 0.25) is 0 Å². The summed E-state index contributed by atoms with van der Waals surface area (Å²) in [6.07, 6.45) is 2.21. The summed E-state index contributed by atoms with van der Waals surface area (Å²) >= 11 is 0. The number of carbonyl (C=O) groups is 1. The lowest BCUT2D eigenvalue weighted by atomic mass is 9.97. The Kier molecular flexibility index (Phi) is 4.82. The number of nitrogens with two attached hydrogens (primary N) is 1.